The third-order valence-corrected chi connectivity index (χ3v) is 2.11. The van der Waals surface area contributed by atoms with Gasteiger partial charge in [-0.1, -0.05) is 36.0 Å². The first-order valence-electron chi connectivity index (χ1n) is 4.00. The van der Waals surface area contributed by atoms with E-state index in [1.807, 2.05) is 0 Å². The minimum Gasteiger partial charge on any atom is -0.369 e. The van der Waals surface area contributed by atoms with Crippen molar-refractivity contribution in [2.45, 2.75) is 13.0 Å². The first-order valence-corrected chi connectivity index (χ1v) is 4.00. The molecule has 0 spiro atoms. The van der Waals surface area contributed by atoms with Gasteiger partial charge >= 0.3 is 0 Å². The van der Waals surface area contributed by atoms with Crippen LogP contribution in [-0.2, 0) is 4.74 Å². The molecular weight excluding hydrogens is 136 g/mol. The molecule has 0 saturated carbocycles. The summed E-state index contributed by atoms with van der Waals surface area (Å²) in [6.07, 6.45) is 11.0. The minimum absolute atomic E-state index is 0.295. The van der Waals surface area contributed by atoms with Crippen LogP contribution < -0.4 is 0 Å². The van der Waals surface area contributed by atoms with Crippen LogP contribution in [-0.4, -0.2) is 12.7 Å². The maximum Gasteiger partial charge on any atom is 0.0860 e. The first kappa shape index (κ1) is 6.86. The average Bonchev–Trinajstić information content (AvgIpc) is 2.04. The lowest BCUT2D eigenvalue weighted by molar-refractivity contribution is 0.0737. The highest BCUT2D eigenvalue weighted by molar-refractivity contribution is 5.23. The molecule has 1 nitrogen and oxygen atoms in total. The van der Waals surface area contributed by atoms with Crippen molar-refractivity contribution in [1.82, 2.24) is 0 Å². The molecular formula is C10H12O. The highest BCUT2D eigenvalue weighted by Gasteiger charge is 2.20. The number of hydrogen-bond acceptors (Lipinski definition) is 1. The van der Waals surface area contributed by atoms with Crippen LogP contribution in [0.4, 0.5) is 0 Å². The summed E-state index contributed by atoms with van der Waals surface area (Å²) in [5.41, 5.74) is 1.34. The second-order valence-corrected chi connectivity index (χ2v) is 3.14. The summed E-state index contributed by atoms with van der Waals surface area (Å²) >= 11 is 0. The molecule has 2 rings (SSSR count). The van der Waals surface area contributed by atoms with E-state index in [0.717, 1.165) is 6.61 Å². The standard InChI is InChI=1S/C10H12O/c1-8-6-9-4-2-3-5-10(9)11-7-8/h2-6,9-10H,7H2,1H3. The van der Waals surface area contributed by atoms with Gasteiger partial charge in [-0.15, -0.1) is 0 Å². The molecule has 0 N–H and O–H groups in total. The maximum atomic E-state index is 5.59. The topological polar surface area (TPSA) is 9.23 Å². The van der Waals surface area contributed by atoms with Gasteiger partial charge in [-0.2, -0.15) is 0 Å². The molecule has 0 fully saturated rings. The number of fused-ring (bicyclic) bond motifs is 1. The van der Waals surface area contributed by atoms with E-state index in [-0.39, 0.29) is 0 Å². The number of rotatable bonds is 0. The first-order chi connectivity index (χ1) is 5.36. The van der Waals surface area contributed by atoms with Crippen molar-refractivity contribution >= 4 is 0 Å². The molecule has 0 aromatic heterocycles. The van der Waals surface area contributed by atoms with Crippen molar-refractivity contribution < 1.29 is 4.74 Å². The Balaban J connectivity index is 2.22. The van der Waals surface area contributed by atoms with Gasteiger partial charge in [-0.05, 0) is 6.92 Å². The van der Waals surface area contributed by atoms with E-state index in [0.29, 0.717) is 12.0 Å². The molecule has 2 aliphatic rings. The summed E-state index contributed by atoms with van der Waals surface area (Å²) in [6.45, 7) is 2.90. The lowest BCUT2D eigenvalue weighted by Crippen LogP contribution is -2.25. The zero-order valence-electron chi connectivity index (χ0n) is 6.66. The van der Waals surface area contributed by atoms with Gasteiger partial charge in [0.05, 0.1) is 12.7 Å². The Labute approximate surface area is 67.1 Å². The van der Waals surface area contributed by atoms with Crippen molar-refractivity contribution in [2.75, 3.05) is 6.61 Å². The molecule has 58 valence electrons. The summed E-state index contributed by atoms with van der Waals surface area (Å²) in [7, 11) is 0. The predicted molar refractivity (Wildman–Crippen MR) is 45.3 cm³/mol. The molecule has 1 heterocycles. The molecule has 1 aliphatic heterocycles. The molecule has 1 heteroatoms. The van der Waals surface area contributed by atoms with Crippen LogP contribution in [0.5, 0.6) is 0 Å². The zero-order valence-corrected chi connectivity index (χ0v) is 6.66. The number of hydrogen-bond donors (Lipinski definition) is 0. The van der Waals surface area contributed by atoms with Crippen molar-refractivity contribution in [1.29, 1.82) is 0 Å². The third-order valence-electron chi connectivity index (χ3n) is 2.11. The van der Waals surface area contributed by atoms with E-state index in [4.69, 9.17) is 4.74 Å². The molecule has 0 amide bonds. The molecule has 11 heavy (non-hydrogen) atoms. The van der Waals surface area contributed by atoms with Crippen LogP contribution in [0, 0.1) is 5.92 Å². The van der Waals surface area contributed by atoms with Crippen LogP contribution in [0.2, 0.25) is 0 Å². The summed E-state index contributed by atoms with van der Waals surface area (Å²) in [5.74, 6) is 0.480. The van der Waals surface area contributed by atoms with Gasteiger partial charge in [0, 0.05) is 5.92 Å². The summed E-state index contributed by atoms with van der Waals surface area (Å²) in [5, 5.41) is 0. The van der Waals surface area contributed by atoms with E-state index < -0.39 is 0 Å². The van der Waals surface area contributed by atoms with Gasteiger partial charge < -0.3 is 4.74 Å². The van der Waals surface area contributed by atoms with Crippen molar-refractivity contribution in [2.24, 2.45) is 5.92 Å². The number of ether oxygens (including phenoxy) is 1. The second kappa shape index (κ2) is 2.67. The van der Waals surface area contributed by atoms with Gasteiger partial charge in [0.25, 0.3) is 0 Å². The SMILES string of the molecule is CC1=CC2C=CC=CC2OC1. The largest absolute Gasteiger partial charge is 0.369 e. The smallest absolute Gasteiger partial charge is 0.0860 e. The fourth-order valence-corrected chi connectivity index (χ4v) is 1.53. The normalized spacial score (nSPS) is 34.8. The highest BCUT2D eigenvalue weighted by atomic mass is 16.5. The van der Waals surface area contributed by atoms with Crippen molar-refractivity contribution in [3.63, 3.8) is 0 Å². The lowest BCUT2D eigenvalue weighted by atomic mass is 9.93. The molecule has 0 saturated heterocycles. The van der Waals surface area contributed by atoms with Crippen LogP contribution in [0.1, 0.15) is 6.92 Å². The Morgan fingerprint density at radius 3 is 3.09 bits per heavy atom. The molecule has 2 atom stereocenters. The maximum absolute atomic E-state index is 5.59. The van der Waals surface area contributed by atoms with E-state index in [9.17, 15) is 0 Å². The quantitative estimate of drug-likeness (QED) is 0.478. The highest BCUT2D eigenvalue weighted by Crippen LogP contribution is 2.23. The third kappa shape index (κ3) is 1.29. The molecule has 0 radical (unpaired) electrons. The summed E-state index contributed by atoms with van der Waals surface area (Å²) in [4.78, 5) is 0. The second-order valence-electron chi connectivity index (χ2n) is 3.14. The molecule has 2 unspecified atom stereocenters. The van der Waals surface area contributed by atoms with Crippen LogP contribution in [0.3, 0.4) is 0 Å². The van der Waals surface area contributed by atoms with Crippen molar-refractivity contribution in [3.8, 4) is 0 Å². The molecule has 0 aromatic carbocycles. The predicted octanol–water partition coefficient (Wildman–Crippen LogP) is 2.07. The van der Waals surface area contributed by atoms with Gasteiger partial charge in [0.1, 0.15) is 0 Å². The van der Waals surface area contributed by atoms with E-state index in [2.05, 4.69) is 37.3 Å². The fraction of sp³-hybridized carbons (Fsp3) is 0.400. The zero-order chi connectivity index (χ0) is 7.68. The van der Waals surface area contributed by atoms with Gasteiger partial charge in [-0.3, -0.25) is 0 Å². The van der Waals surface area contributed by atoms with Crippen LogP contribution in [0.25, 0.3) is 0 Å². The Morgan fingerprint density at radius 2 is 2.18 bits per heavy atom. The van der Waals surface area contributed by atoms with Gasteiger partial charge in [0.2, 0.25) is 0 Å². The Bertz CT molecular complexity index is 235. The lowest BCUT2D eigenvalue weighted by Gasteiger charge is -2.27. The monoisotopic (exact) mass is 148 g/mol. The summed E-state index contributed by atoms with van der Waals surface area (Å²) in [6, 6.07) is 0. The van der Waals surface area contributed by atoms with Crippen molar-refractivity contribution in [3.05, 3.63) is 36.0 Å². The van der Waals surface area contributed by atoms with Gasteiger partial charge in [-0.25, -0.2) is 0 Å². The average molecular weight is 148 g/mol. The Kier molecular flexibility index (Phi) is 1.66. The fourth-order valence-electron chi connectivity index (χ4n) is 1.53. The summed E-state index contributed by atoms with van der Waals surface area (Å²) < 4.78 is 5.59. The molecule has 0 bridgehead atoms. The van der Waals surface area contributed by atoms with E-state index >= 15 is 0 Å². The van der Waals surface area contributed by atoms with Crippen LogP contribution >= 0.6 is 0 Å². The molecule has 1 aliphatic carbocycles. The Hall–Kier alpha value is -0.820. The minimum atomic E-state index is 0.295. The number of allylic oxidation sites excluding steroid dienone is 2. The Morgan fingerprint density at radius 1 is 1.36 bits per heavy atom. The van der Waals surface area contributed by atoms with E-state index in [1.165, 1.54) is 5.57 Å². The van der Waals surface area contributed by atoms with E-state index in [1.54, 1.807) is 0 Å². The van der Waals surface area contributed by atoms with Gasteiger partial charge in [0.15, 0.2) is 0 Å². The van der Waals surface area contributed by atoms with Crippen LogP contribution in [0.15, 0.2) is 36.0 Å². The molecule has 0 aromatic rings.